The summed E-state index contributed by atoms with van der Waals surface area (Å²) in [6.07, 6.45) is 5.62. The van der Waals surface area contributed by atoms with Crippen molar-refractivity contribution >= 4 is 11.8 Å². The van der Waals surface area contributed by atoms with Crippen LogP contribution in [0.1, 0.15) is 37.7 Å². The summed E-state index contributed by atoms with van der Waals surface area (Å²) in [5, 5.41) is 8.87. The molecule has 0 aliphatic carbocycles. The van der Waals surface area contributed by atoms with Gasteiger partial charge in [0.2, 0.25) is 5.88 Å². The maximum Gasteiger partial charge on any atom is 0.303 e. The second-order valence-corrected chi connectivity index (χ2v) is 5.11. The van der Waals surface area contributed by atoms with E-state index >= 15 is 0 Å². The zero-order valence-electron chi connectivity index (χ0n) is 12.0. The van der Waals surface area contributed by atoms with Gasteiger partial charge in [-0.2, -0.15) is 0 Å². The Morgan fingerprint density at radius 2 is 2.30 bits per heavy atom. The first-order valence-corrected chi connectivity index (χ1v) is 6.97. The number of piperidine rings is 1. The van der Waals surface area contributed by atoms with Gasteiger partial charge in [-0.15, -0.1) is 0 Å². The topological polar surface area (TPSA) is 75.6 Å². The minimum absolute atomic E-state index is 0.197. The van der Waals surface area contributed by atoms with Crippen molar-refractivity contribution in [2.24, 2.45) is 0 Å². The molecular weight excluding hydrogens is 258 g/mol. The second-order valence-electron chi connectivity index (χ2n) is 5.11. The second kappa shape index (κ2) is 6.54. The molecule has 0 saturated carbocycles. The van der Waals surface area contributed by atoms with Gasteiger partial charge in [0.05, 0.1) is 12.7 Å². The quantitative estimate of drug-likeness (QED) is 0.888. The molecule has 1 unspecified atom stereocenters. The van der Waals surface area contributed by atoms with Gasteiger partial charge in [0.15, 0.2) is 0 Å². The van der Waals surface area contributed by atoms with Crippen molar-refractivity contribution in [3.05, 3.63) is 11.9 Å². The third kappa shape index (κ3) is 3.18. The number of carboxylic acid groups (broad SMARTS) is 1. The molecule has 1 fully saturated rings. The summed E-state index contributed by atoms with van der Waals surface area (Å²) < 4.78 is 5.24. The number of rotatable bonds is 5. The molecule has 6 nitrogen and oxygen atoms in total. The van der Waals surface area contributed by atoms with Gasteiger partial charge in [-0.3, -0.25) is 4.79 Å². The summed E-state index contributed by atoms with van der Waals surface area (Å²) in [6, 6.07) is 0.234. The van der Waals surface area contributed by atoms with Crippen molar-refractivity contribution in [3.8, 4) is 5.88 Å². The van der Waals surface area contributed by atoms with Crippen LogP contribution in [-0.2, 0) is 4.79 Å². The first kappa shape index (κ1) is 14.6. The van der Waals surface area contributed by atoms with Gasteiger partial charge in [-0.05, 0) is 32.6 Å². The van der Waals surface area contributed by atoms with E-state index in [2.05, 4.69) is 14.9 Å². The lowest BCUT2D eigenvalue weighted by Gasteiger charge is -2.37. The number of carboxylic acids is 1. The molecule has 2 rings (SSSR count). The molecule has 0 bridgehead atoms. The number of aromatic nitrogens is 2. The van der Waals surface area contributed by atoms with Crippen molar-refractivity contribution < 1.29 is 14.6 Å². The average Bonchev–Trinajstić information content (AvgIpc) is 2.46. The number of carbonyl (C=O) groups is 1. The number of anilines is 1. The van der Waals surface area contributed by atoms with Gasteiger partial charge in [0, 0.05) is 19.0 Å². The van der Waals surface area contributed by atoms with Crippen LogP contribution in [0.15, 0.2) is 6.33 Å². The normalized spacial score (nSPS) is 18.9. The zero-order chi connectivity index (χ0) is 14.5. The summed E-state index contributed by atoms with van der Waals surface area (Å²) in [5.74, 6) is 0.706. The van der Waals surface area contributed by atoms with Gasteiger partial charge in [0.25, 0.3) is 0 Å². The zero-order valence-corrected chi connectivity index (χ0v) is 12.0. The van der Waals surface area contributed by atoms with E-state index in [0.717, 1.165) is 37.2 Å². The maximum absolute atomic E-state index is 10.8. The van der Waals surface area contributed by atoms with E-state index in [9.17, 15) is 4.79 Å². The van der Waals surface area contributed by atoms with E-state index in [0.29, 0.717) is 12.3 Å². The number of hydrogen-bond acceptors (Lipinski definition) is 5. The Bertz CT molecular complexity index is 479. The fraction of sp³-hybridized carbons (Fsp3) is 0.643. The van der Waals surface area contributed by atoms with Crippen LogP contribution in [0.2, 0.25) is 0 Å². The number of ether oxygens (including phenoxy) is 1. The molecular formula is C14H21N3O3. The van der Waals surface area contributed by atoms with Crippen LogP contribution in [0.3, 0.4) is 0 Å². The van der Waals surface area contributed by atoms with E-state index in [1.54, 1.807) is 7.11 Å². The molecule has 0 radical (unpaired) electrons. The van der Waals surface area contributed by atoms with Crippen molar-refractivity contribution in [1.29, 1.82) is 0 Å². The van der Waals surface area contributed by atoms with Crippen LogP contribution in [0.4, 0.5) is 5.82 Å². The fourth-order valence-electron chi connectivity index (χ4n) is 2.79. The molecule has 110 valence electrons. The molecule has 1 aromatic rings. The highest BCUT2D eigenvalue weighted by molar-refractivity contribution is 5.66. The molecule has 0 aromatic carbocycles. The predicted molar refractivity (Wildman–Crippen MR) is 75.2 cm³/mol. The van der Waals surface area contributed by atoms with E-state index in [1.165, 1.54) is 6.33 Å². The van der Waals surface area contributed by atoms with Gasteiger partial charge >= 0.3 is 5.97 Å². The summed E-state index contributed by atoms with van der Waals surface area (Å²) >= 11 is 0. The summed E-state index contributed by atoms with van der Waals surface area (Å²) in [6.45, 7) is 2.85. The lowest BCUT2D eigenvalue weighted by atomic mass is 9.97. The molecule has 6 heteroatoms. The van der Waals surface area contributed by atoms with Gasteiger partial charge in [-0.1, -0.05) is 0 Å². The highest BCUT2D eigenvalue weighted by Crippen LogP contribution is 2.30. The lowest BCUT2D eigenvalue weighted by molar-refractivity contribution is -0.137. The standard InChI is InChI=1S/C14H21N3O3/c1-10-13(15-9-16-14(10)20-2)17-8-4-3-5-11(17)6-7-12(18)19/h9,11H,3-8H2,1-2H3,(H,18,19). The largest absolute Gasteiger partial charge is 0.481 e. The average molecular weight is 279 g/mol. The monoisotopic (exact) mass is 279 g/mol. The Balaban J connectivity index is 2.21. The molecule has 1 aliphatic heterocycles. The highest BCUT2D eigenvalue weighted by atomic mass is 16.5. The summed E-state index contributed by atoms with van der Waals surface area (Å²) in [7, 11) is 1.59. The summed E-state index contributed by atoms with van der Waals surface area (Å²) in [5.41, 5.74) is 0.914. The lowest BCUT2D eigenvalue weighted by Crippen LogP contribution is -2.40. The molecule has 1 saturated heterocycles. The van der Waals surface area contributed by atoms with E-state index in [1.807, 2.05) is 6.92 Å². The smallest absolute Gasteiger partial charge is 0.303 e. The maximum atomic E-state index is 10.8. The third-order valence-electron chi connectivity index (χ3n) is 3.80. The molecule has 20 heavy (non-hydrogen) atoms. The Hall–Kier alpha value is -1.85. The number of methoxy groups -OCH3 is 1. The van der Waals surface area contributed by atoms with E-state index in [4.69, 9.17) is 9.84 Å². The fourth-order valence-corrected chi connectivity index (χ4v) is 2.79. The molecule has 1 aliphatic rings. The Morgan fingerprint density at radius 3 is 3.00 bits per heavy atom. The Morgan fingerprint density at radius 1 is 1.50 bits per heavy atom. The van der Waals surface area contributed by atoms with Crippen LogP contribution in [-0.4, -0.2) is 40.7 Å². The van der Waals surface area contributed by atoms with Crippen molar-refractivity contribution in [2.45, 2.75) is 45.1 Å². The number of aliphatic carboxylic acids is 1. The van der Waals surface area contributed by atoms with Gasteiger partial charge < -0.3 is 14.7 Å². The van der Waals surface area contributed by atoms with Crippen LogP contribution < -0.4 is 9.64 Å². The number of hydrogen-bond donors (Lipinski definition) is 1. The van der Waals surface area contributed by atoms with Crippen molar-refractivity contribution in [2.75, 3.05) is 18.6 Å². The van der Waals surface area contributed by atoms with Crippen molar-refractivity contribution in [1.82, 2.24) is 9.97 Å². The van der Waals surface area contributed by atoms with Gasteiger partial charge in [0.1, 0.15) is 12.1 Å². The van der Waals surface area contributed by atoms with E-state index < -0.39 is 5.97 Å². The van der Waals surface area contributed by atoms with Crippen LogP contribution in [0.5, 0.6) is 5.88 Å². The SMILES string of the molecule is COc1ncnc(N2CCCCC2CCC(=O)O)c1C. The predicted octanol–water partition coefficient (Wildman–Crippen LogP) is 2.02. The van der Waals surface area contributed by atoms with Gasteiger partial charge in [-0.25, -0.2) is 9.97 Å². The molecule has 2 heterocycles. The van der Waals surface area contributed by atoms with Crippen LogP contribution >= 0.6 is 0 Å². The molecule has 1 aromatic heterocycles. The Kier molecular flexibility index (Phi) is 4.76. The third-order valence-corrected chi connectivity index (χ3v) is 3.80. The summed E-state index contributed by atoms with van der Waals surface area (Å²) in [4.78, 5) is 21.5. The van der Waals surface area contributed by atoms with Crippen molar-refractivity contribution in [3.63, 3.8) is 0 Å². The Labute approximate surface area is 118 Å². The molecule has 1 atom stereocenters. The van der Waals surface area contributed by atoms with Crippen LogP contribution in [0, 0.1) is 6.92 Å². The van der Waals surface area contributed by atoms with E-state index in [-0.39, 0.29) is 12.5 Å². The number of nitrogens with zero attached hydrogens (tertiary/aromatic N) is 3. The first-order valence-electron chi connectivity index (χ1n) is 6.97. The molecule has 1 N–H and O–H groups in total. The highest BCUT2D eigenvalue weighted by Gasteiger charge is 2.26. The first-order chi connectivity index (χ1) is 9.63. The molecule has 0 amide bonds. The molecule has 0 spiro atoms. The van der Waals surface area contributed by atoms with Crippen LogP contribution in [0.25, 0.3) is 0 Å². The minimum Gasteiger partial charge on any atom is -0.481 e. The minimum atomic E-state index is -0.743.